The first-order chi connectivity index (χ1) is 9.84. The lowest BCUT2D eigenvalue weighted by Gasteiger charge is -2.24. The summed E-state index contributed by atoms with van der Waals surface area (Å²) in [6.45, 7) is 2.79. The quantitative estimate of drug-likeness (QED) is 0.869. The minimum Gasteiger partial charge on any atom is -0.491 e. The fourth-order valence-corrected chi connectivity index (χ4v) is 2.65. The van der Waals surface area contributed by atoms with Gasteiger partial charge in [0.15, 0.2) is 0 Å². The van der Waals surface area contributed by atoms with Crippen LogP contribution in [-0.4, -0.2) is 19.7 Å². The maximum Gasteiger partial charge on any atom is 0.142 e. The van der Waals surface area contributed by atoms with Crippen molar-refractivity contribution < 1.29 is 4.74 Å². The number of fused-ring (bicyclic) bond motifs is 1. The van der Waals surface area contributed by atoms with E-state index in [1.165, 1.54) is 11.3 Å². The highest BCUT2D eigenvalue weighted by atomic mass is 16.5. The predicted octanol–water partition coefficient (Wildman–Crippen LogP) is 3.10. The molecule has 2 N–H and O–H groups in total. The van der Waals surface area contributed by atoms with Gasteiger partial charge in [0.25, 0.3) is 0 Å². The lowest BCUT2D eigenvalue weighted by molar-refractivity contribution is 0.322. The van der Waals surface area contributed by atoms with E-state index in [1.54, 1.807) is 0 Å². The summed E-state index contributed by atoms with van der Waals surface area (Å²) in [7, 11) is 0. The van der Waals surface area contributed by atoms with Crippen molar-refractivity contribution in [1.29, 1.82) is 0 Å². The van der Waals surface area contributed by atoms with Crippen molar-refractivity contribution in [3.63, 3.8) is 0 Å². The molecule has 0 fully saturated rings. The van der Waals surface area contributed by atoms with Gasteiger partial charge in [0.1, 0.15) is 5.75 Å². The highest BCUT2D eigenvalue weighted by Crippen LogP contribution is 2.30. The smallest absolute Gasteiger partial charge is 0.142 e. The van der Waals surface area contributed by atoms with Crippen LogP contribution >= 0.6 is 0 Å². The second-order valence-corrected chi connectivity index (χ2v) is 5.11. The summed E-state index contributed by atoms with van der Waals surface area (Å²) in [5.41, 5.74) is 9.31. The van der Waals surface area contributed by atoms with Gasteiger partial charge in [0.2, 0.25) is 0 Å². The molecule has 0 saturated carbocycles. The Morgan fingerprint density at radius 3 is 2.75 bits per heavy atom. The molecular weight excluding hydrogens is 248 g/mol. The van der Waals surface area contributed by atoms with Gasteiger partial charge in [-0.3, -0.25) is 0 Å². The zero-order chi connectivity index (χ0) is 13.8. The Labute approximate surface area is 120 Å². The fourth-order valence-electron chi connectivity index (χ4n) is 2.65. The summed E-state index contributed by atoms with van der Waals surface area (Å²) in [6, 6.07) is 16.4. The third-order valence-corrected chi connectivity index (χ3v) is 3.74. The van der Waals surface area contributed by atoms with E-state index in [0.717, 1.165) is 44.0 Å². The summed E-state index contributed by atoms with van der Waals surface area (Å²) in [4.78, 5) is 2.40. The zero-order valence-corrected chi connectivity index (χ0v) is 11.6. The molecule has 0 saturated heterocycles. The molecule has 20 heavy (non-hydrogen) atoms. The van der Waals surface area contributed by atoms with Gasteiger partial charge in [-0.2, -0.15) is 0 Å². The lowest BCUT2D eigenvalue weighted by atomic mass is 10.1. The minimum atomic E-state index is 0.793. The number of para-hydroxylation sites is 3. The van der Waals surface area contributed by atoms with Gasteiger partial charge in [-0.25, -0.2) is 0 Å². The maximum absolute atomic E-state index is 6.02. The molecule has 1 aliphatic heterocycles. The molecule has 1 heterocycles. The van der Waals surface area contributed by atoms with Crippen molar-refractivity contribution in [1.82, 2.24) is 0 Å². The molecular formula is C17H20N2O. The molecule has 0 unspecified atom stereocenters. The first-order valence-electron chi connectivity index (χ1n) is 7.15. The molecule has 0 radical (unpaired) electrons. The normalized spacial score (nSPS) is 14.3. The van der Waals surface area contributed by atoms with E-state index in [0.29, 0.717) is 0 Å². The number of rotatable bonds is 3. The Balaban J connectivity index is 1.76. The van der Waals surface area contributed by atoms with Gasteiger partial charge in [0, 0.05) is 18.8 Å². The molecule has 3 heteroatoms. The van der Waals surface area contributed by atoms with E-state index in [-0.39, 0.29) is 0 Å². The van der Waals surface area contributed by atoms with Crippen molar-refractivity contribution in [2.45, 2.75) is 12.8 Å². The Morgan fingerprint density at radius 2 is 1.85 bits per heavy atom. The number of nitrogen functional groups attached to an aromatic ring is 1. The van der Waals surface area contributed by atoms with E-state index in [2.05, 4.69) is 23.1 Å². The Bertz CT molecular complexity index is 583. The average Bonchev–Trinajstić information content (AvgIpc) is 2.69. The molecule has 3 rings (SSSR count). The van der Waals surface area contributed by atoms with Gasteiger partial charge < -0.3 is 15.4 Å². The predicted molar refractivity (Wildman–Crippen MR) is 83.3 cm³/mol. The van der Waals surface area contributed by atoms with Crippen LogP contribution < -0.4 is 15.4 Å². The molecule has 0 aromatic heterocycles. The van der Waals surface area contributed by atoms with Crippen LogP contribution in [0.25, 0.3) is 0 Å². The molecule has 2 aromatic carbocycles. The highest BCUT2D eigenvalue weighted by molar-refractivity contribution is 5.59. The molecule has 104 valence electrons. The van der Waals surface area contributed by atoms with E-state index in [9.17, 15) is 0 Å². The lowest BCUT2D eigenvalue weighted by Crippen LogP contribution is -2.26. The van der Waals surface area contributed by atoms with Gasteiger partial charge in [0.05, 0.1) is 12.3 Å². The van der Waals surface area contributed by atoms with Crippen LogP contribution in [0.5, 0.6) is 5.75 Å². The fraction of sp³-hybridized carbons (Fsp3) is 0.294. The molecule has 1 aliphatic rings. The van der Waals surface area contributed by atoms with E-state index in [1.807, 2.05) is 30.3 Å². The molecule has 0 bridgehead atoms. The van der Waals surface area contributed by atoms with Crippen molar-refractivity contribution in [2.24, 2.45) is 0 Å². The summed E-state index contributed by atoms with van der Waals surface area (Å²) in [5.74, 6) is 0.992. The maximum atomic E-state index is 6.02. The molecule has 2 aromatic rings. The first-order valence-corrected chi connectivity index (χ1v) is 7.15. The van der Waals surface area contributed by atoms with Crippen LogP contribution in [0.3, 0.4) is 0 Å². The van der Waals surface area contributed by atoms with Crippen LogP contribution in [0.1, 0.15) is 12.0 Å². The van der Waals surface area contributed by atoms with Crippen LogP contribution in [-0.2, 0) is 6.42 Å². The highest BCUT2D eigenvalue weighted by Gasteiger charge is 2.15. The first kappa shape index (κ1) is 12.9. The second-order valence-electron chi connectivity index (χ2n) is 5.11. The molecule has 0 spiro atoms. The van der Waals surface area contributed by atoms with Crippen molar-refractivity contribution in [3.8, 4) is 5.75 Å². The summed E-state index contributed by atoms with van der Waals surface area (Å²) >= 11 is 0. The van der Waals surface area contributed by atoms with Gasteiger partial charge >= 0.3 is 0 Å². The Morgan fingerprint density at radius 1 is 1.05 bits per heavy atom. The third-order valence-electron chi connectivity index (χ3n) is 3.74. The largest absolute Gasteiger partial charge is 0.491 e. The second kappa shape index (κ2) is 5.87. The Hall–Kier alpha value is -2.16. The summed E-state index contributed by atoms with van der Waals surface area (Å²) < 4.78 is 5.79. The minimum absolute atomic E-state index is 0.793. The number of nitrogens with two attached hydrogens (primary N) is 1. The average molecular weight is 268 g/mol. The molecule has 0 atom stereocenters. The molecule has 0 aliphatic carbocycles. The summed E-state index contributed by atoms with van der Waals surface area (Å²) in [6.07, 6.45) is 2.01. The number of hydrogen-bond donors (Lipinski definition) is 1. The topological polar surface area (TPSA) is 38.5 Å². The molecule has 0 amide bonds. The Kier molecular flexibility index (Phi) is 3.77. The van der Waals surface area contributed by atoms with Gasteiger partial charge in [-0.1, -0.05) is 30.3 Å². The van der Waals surface area contributed by atoms with E-state index in [4.69, 9.17) is 10.5 Å². The number of hydrogen-bond acceptors (Lipinski definition) is 3. The van der Waals surface area contributed by atoms with E-state index >= 15 is 0 Å². The van der Waals surface area contributed by atoms with Gasteiger partial charge in [-0.15, -0.1) is 0 Å². The van der Waals surface area contributed by atoms with Crippen LogP contribution in [0.4, 0.5) is 11.4 Å². The van der Waals surface area contributed by atoms with Crippen LogP contribution in [0, 0.1) is 0 Å². The summed E-state index contributed by atoms with van der Waals surface area (Å²) in [5, 5.41) is 0. The number of benzene rings is 2. The number of anilines is 2. The molecule has 3 nitrogen and oxygen atoms in total. The number of nitrogens with zero attached hydrogens (tertiary/aromatic N) is 1. The van der Waals surface area contributed by atoms with E-state index < -0.39 is 0 Å². The SMILES string of the molecule is Nc1ccccc1CCN1CCCOc2ccccc21. The van der Waals surface area contributed by atoms with Gasteiger partial charge in [-0.05, 0) is 36.6 Å². The van der Waals surface area contributed by atoms with Crippen molar-refractivity contribution in [3.05, 3.63) is 54.1 Å². The monoisotopic (exact) mass is 268 g/mol. The van der Waals surface area contributed by atoms with Crippen molar-refractivity contribution in [2.75, 3.05) is 30.3 Å². The standard InChI is InChI=1S/C17H20N2O/c18-15-7-2-1-6-14(15)10-12-19-11-5-13-20-17-9-4-3-8-16(17)19/h1-4,6-9H,5,10-13,18H2. The van der Waals surface area contributed by atoms with Crippen molar-refractivity contribution >= 4 is 11.4 Å². The number of ether oxygens (including phenoxy) is 1. The third kappa shape index (κ3) is 2.72. The van der Waals surface area contributed by atoms with Crippen LogP contribution in [0.2, 0.25) is 0 Å². The van der Waals surface area contributed by atoms with Crippen LogP contribution in [0.15, 0.2) is 48.5 Å². The zero-order valence-electron chi connectivity index (χ0n) is 11.6.